The zero-order chi connectivity index (χ0) is 14.4. The van der Waals surface area contributed by atoms with Gasteiger partial charge >= 0.3 is 0 Å². The Labute approximate surface area is 124 Å². The molecule has 1 amide bonds. The third-order valence-corrected chi connectivity index (χ3v) is 4.20. The predicted octanol–water partition coefficient (Wildman–Crippen LogP) is 4.51. The lowest BCUT2D eigenvalue weighted by molar-refractivity contribution is -0.116. The molecule has 0 radical (unpaired) electrons. The summed E-state index contributed by atoms with van der Waals surface area (Å²) < 4.78 is 0. The Morgan fingerprint density at radius 2 is 2.10 bits per heavy atom. The van der Waals surface area contributed by atoms with Crippen LogP contribution in [0.2, 0.25) is 5.02 Å². The smallest absolute Gasteiger partial charge is 0.224 e. The van der Waals surface area contributed by atoms with Crippen LogP contribution in [0, 0.1) is 17.2 Å². The molecule has 0 aromatic heterocycles. The summed E-state index contributed by atoms with van der Waals surface area (Å²) in [5.74, 6) is 0.669. The minimum absolute atomic E-state index is 0.0208. The zero-order valence-electron chi connectivity index (χ0n) is 11.5. The van der Waals surface area contributed by atoms with Gasteiger partial charge in [-0.1, -0.05) is 43.7 Å². The van der Waals surface area contributed by atoms with Gasteiger partial charge in [-0.2, -0.15) is 5.26 Å². The van der Waals surface area contributed by atoms with E-state index in [4.69, 9.17) is 16.9 Å². The minimum Gasteiger partial charge on any atom is -0.325 e. The summed E-state index contributed by atoms with van der Waals surface area (Å²) in [5.41, 5.74) is 1.02. The number of anilines is 1. The first-order valence-electron chi connectivity index (χ1n) is 7.18. The molecule has 2 rings (SSSR count). The van der Waals surface area contributed by atoms with E-state index in [0.717, 1.165) is 6.42 Å². The number of nitriles is 1. The molecule has 0 bridgehead atoms. The molecular weight excluding hydrogens is 272 g/mol. The van der Waals surface area contributed by atoms with E-state index < -0.39 is 0 Å². The van der Waals surface area contributed by atoms with E-state index in [1.807, 2.05) is 6.07 Å². The highest BCUT2D eigenvalue weighted by Gasteiger charge is 2.15. The second-order valence-electron chi connectivity index (χ2n) is 5.40. The second-order valence-corrected chi connectivity index (χ2v) is 5.80. The summed E-state index contributed by atoms with van der Waals surface area (Å²) in [6, 6.07) is 6.93. The summed E-state index contributed by atoms with van der Waals surface area (Å²) in [6.07, 6.45) is 7.89. The summed E-state index contributed by atoms with van der Waals surface area (Å²) in [6.45, 7) is 0. The number of nitrogens with zero attached hydrogens (tertiary/aromatic N) is 1. The second kappa shape index (κ2) is 7.31. The van der Waals surface area contributed by atoms with Crippen molar-refractivity contribution in [1.29, 1.82) is 5.26 Å². The Morgan fingerprint density at radius 3 is 2.80 bits per heavy atom. The number of rotatable bonds is 4. The van der Waals surface area contributed by atoms with Crippen molar-refractivity contribution in [3.05, 3.63) is 28.8 Å². The summed E-state index contributed by atoms with van der Waals surface area (Å²) in [5, 5.41) is 12.1. The van der Waals surface area contributed by atoms with Crippen molar-refractivity contribution in [2.45, 2.75) is 44.9 Å². The molecule has 1 N–H and O–H groups in total. The SMILES string of the molecule is N#Cc1ccc(Cl)c(NC(=O)CCC2CCCCC2)c1. The van der Waals surface area contributed by atoms with Crippen LogP contribution >= 0.6 is 11.6 Å². The van der Waals surface area contributed by atoms with E-state index in [-0.39, 0.29) is 5.91 Å². The Kier molecular flexibility index (Phi) is 5.43. The Hall–Kier alpha value is -1.53. The number of halogens is 1. The fraction of sp³-hybridized carbons (Fsp3) is 0.500. The molecule has 0 spiro atoms. The fourth-order valence-electron chi connectivity index (χ4n) is 2.71. The molecule has 1 saturated carbocycles. The first-order chi connectivity index (χ1) is 9.69. The van der Waals surface area contributed by atoms with Gasteiger partial charge in [0, 0.05) is 6.42 Å². The summed E-state index contributed by atoms with van der Waals surface area (Å²) in [4.78, 5) is 12.0. The van der Waals surface area contributed by atoms with Crippen LogP contribution in [0.3, 0.4) is 0 Å². The van der Waals surface area contributed by atoms with E-state index in [2.05, 4.69) is 5.32 Å². The molecule has 0 heterocycles. The van der Waals surface area contributed by atoms with Crippen LogP contribution in [0.5, 0.6) is 0 Å². The molecule has 1 aliphatic rings. The maximum atomic E-state index is 12.0. The molecule has 3 nitrogen and oxygen atoms in total. The quantitative estimate of drug-likeness (QED) is 0.887. The minimum atomic E-state index is -0.0208. The highest BCUT2D eigenvalue weighted by Crippen LogP contribution is 2.28. The van der Waals surface area contributed by atoms with Gasteiger partial charge in [0.05, 0.1) is 22.3 Å². The van der Waals surface area contributed by atoms with Gasteiger partial charge in [0.1, 0.15) is 0 Å². The van der Waals surface area contributed by atoms with Crippen LogP contribution in [0.1, 0.15) is 50.5 Å². The average Bonchev–Trinajstić information content (AvgIpc) is 2.48. The van der Waals surface area contributed by atoms with Crippen molar-refractivity contribution in [2.24, 2.45) is 5.92 Å². The lowest BCUT2D eigenvalue weighted by atomic mass is 9.86. The standard InChI is InChI=1S/C16H19ClN2O/c17-14-8-6-13(11-18)10-15(14)19-16(20)9-7-12-4-2-1-3-5-12/h6,8,10,12H,1-5,7,9H2,(H,19,20). The van der Waals surface area contributed by atoms with Crippen LogP contribution < -0.4 is 5.32 Å². The molecule has 1 aliphatic carbocycles. The molecule has 0 unspecified atom stereocenters. The van der Waals surface area contributed by atoms with E-state index in [1.54, 1.807) is 18.2 Å². The van der Waals surface area contributed by atoms with E-state index in [1.165, 1.54) is 32.1 Å². The number of hydrogen-bond acceptors (Lipinski definition) is 2. The molecule has 106 valence electrons. The average molecular weight is 291 g/mol. The van der Waals surface area contributed by atoms with Gasteiger partial charge in [0.2, 0.25) is 5.91 Å². The largest absolute Gasteiger partial charge is 0.325 e. The number of carbonyl (C=O) groups excluding carboxylic acids is 1. The number of amides is 1. The Morgan fingerprint density at radius 1 is 1.35 bits per heavy atom. The van der Waals surface area contributed by atoms with Crippen LogP contribution in [0.15, 0.2) is 18.2 Å². The van der Waals surface area contributed by atoms with E-state index in [0.29, 0.717) is 28.6 Å². The number of hydrogen-bond donors (Lipinski definition) is 1. The third-order valence-electron chi connectivity index (χ3n) is 3.87. The predicted molar refractivity (Wildman–Crippen MR) is 80.6 cm³/mol. The number of nitrogens with one attached hydrogen (secondary N) is 1. The van der Waals surface area contributed by atoms with Crippen LogP contribution in [-0.2, 0) is 4.79 Å². The van der Waals surface area contributed by atoms with Gasteiger partial charge in [-0.05, 0) is 30.5 Å². The van der Waals surface area contributed by atoms with Crippen molar-refractivity contribution < 1.29 is 4.79 Å². The first kappa shape index (κ1) is 14.9. The van der Waals surface area contributed by atoms with Gasteiger partial charge in [-0.25, -0.2) is 0 Å². The maximum absolute atomic E-state index is 12.0. The summed E-state index contributed by atoms with van der Waals surface area (Å²) >= 11 is 6.02. The van der Waals surface area contributed by atoms with Crippen molar-refractivity contribution >= 4 is 23.2 Å². The van der Waals surface area contributed by atoms with Gasteiger partial charge in [0.25, 0.3) is 0 Å². The number of benzene rings is 1. The van der Waals surface area contributed by atoms with E-state index in [9.17, 15) is 4.79 Å². The molecule has 1 aromatic rings. The Balaban J connectivity index is 1.86. The van der Waals surface area contributed by atoms with Crippen LogP contribution in [0.25, 0.3) is 0 Å². The van der Waals surface area contributed by atoms with Crippen molar-refractivity contribution in [1.82, 2.24) is 0 Å². The zero-order valence-corrected chi connectivity index (χ0v) is 12.2. The fourth-order valence-corrected chi connectivity index (χ4v) is 2.88. The van der Waals surface area contributed by atoms with Crippen LogP contribution in [-0.4, -0.2) is 5.91 Å². The monoisotopic (exact) mass is 290 g/mol. The molecule has 1 aromatic carbocycles. The van der Waals surface area contributed by atoms with Crippen molar-refractivity contribution in [2.75, 3.05) is 5.32 Å². The molecule has 0 atom stereocenters. The highest BCUT2D eigenvalue weighted by molar-refractivity contribution is 6.33. The maximum Gasteiger partial charge on any atom is 0.224 e. The van der Waals surface area contributed by atoms with Crippen LogP contribution in [0.4, 0.5) is 5.69 Å². The normalized spacial score (nSPS) is 15.6. The topological polar surface area (TPSA) is 52.9 Å². The van der Waals surface area contributed by atoms with Crippen molar-refractivity contribution in [3.63, 3.8) is 0 Å². The molecule has 20 heavy (non-hydrogen) atoms. The van der Waals surface area contributed by atoms with Gasteiger partial charge in [-0.15, -0.1) is 0 Å². The molecule has 0 aliphatic heterocycles. The van der Waals surface area contributed by atoms with Gasteiger partial charge in [-0.3, -0.25) is 4.79 Å². The first-order valence-corrected chi connectivity index (χ1v) is 7.56. The lowest BCUT2D eigenvalue weighted by Gasteiger charge is -2.21. The van der Waals surface area contributed by atoms with Gasteiger partial charge in [0.15, 0.2) is 0 Å². The molecule has 4 heteroatoms. The van der Waals surface area contributed by atoms with Gasteiger partial charge < -0.3 is 5.32 Å². The lowest BCUT2D eigenvalue weighted by Crippen LogP contribution is -2.15. The molecule has 0 saturated heterocycles. The van der Waals surface area contributed by atoms with E-state index >= 15 is 0 Å². The molecular formula is C16H19ClN2O. The number of carbonyl (C=O) groups is 1. The van der Waals surface area contributed by atoms with Crippen molar-refractivity contribution in [3.8, 4) is 6.07 Å². The highest BCUT2D eigenvalue weighted by atomic mass is 35.5. The summed E-state index contributed by atoms with van der Waals surface area (Å²) in [7, 11) is 0. The Bertz CT molecular complexity index is 516. The molecule has 1 fully saturated rings. The third kappa shape index (κ3) is 4.25.